The minimum Gasteiger partial charge on any atom is -0.483 e. The molecule has 2 aromatic rings. The monoisotopic (exact) mass is 303 g/mol. The largest absolute Gasteiger partial charge is 0.483 e. The third-order valence-electron chi connectivity index (χ3n) is 4.40. The molecule has 1 saturated carbocycles. The highest BCUT2D eigenvalue weighted by atomic mass is 16.3. The van der Waals surface area contributed by atoms with E-state index in [0.29, 0.717) is 11.5 Å². The van der Waals surface area contributed by atoms with Gasteiger partial charge in [-0.05, 0) is 43.9 Å². The van der Waals surface area contributed by atoms with Gasteiger partial charge in [-0.2, -0.15) is 0 Å². The molecule has 5 nitrogen and oxygen atoms in total. The number of H-pyrrole nitrogens is 1. The molecule has 2 N–H and O–H groups in total. The number of hydrogen-bond acceptors (Lipinski definition) is 3. The molecule has 1 atom stereocenters. The van der Waals surface area contributed by atoms with E-state index >= 15 is 0 Å². The number of carboxylic acid groups (broad SMARTS) is 1. The minimum absolute atomic E-state index is 0.250. The fourth-order valence-electron chi connectivity index (χ4n) is 3.22. The van der Waals surface area contributed by atoms with Gasteiger partial charge in [-0.1, -0.05) is 26.0 Å². The molecule has 22 heavy (non-hydrogen) atoms. The van der Waals surface area contributed by atoms with Crippen LogP contribution in [0.5, 0.6) is 0 Å². The molecule has 0 radical (unpaired) electrons. The second kappa shape index (κ2) is 6.92. The van der Waals surface area contributed by atoms with E-state index in [1.54, 1.807) is 0 Å². The Kier molecular flexibility index (Phi) is 5.19. The van der Waals surface area contributed by atoms with Crippen LogP contribution in [0, 0.1) is 5.41 Å². The SMILES string of the molecule is CN(Cc1nc2ccccc2[nH]1)C1CCC(C)(C)C1.O=CO. The van der Waals surface area contributed by atoms with E-state index in [0.717, 1.165) is 23.4 Å². The van der Waals surface area contributed by atoms with Crippen LogP contribution in [0.25, 0.3) is 11.0 Å². The molecule has 3 rings (SSSR count). The first-order valence-electron chi connectivity index (χ1n) is 7.67. The van der Waals surface area contributed by atoms with Crippen LogP contribution in [0.15, 0.2) is 24.3 Å². The molecular formula is C17H25N3O2. The predicted molar refractivity (Wildman–Crippen MR) is 87.7 cm³/mol. The van der Waals surface area contributed by atoms with Crippen molar-refractivity contribution in [3.8, 4) is 0 Å². The van der Waals surface area contributed by atoms with Gasteiger partial charge < -0.3 is 10.1 Å². The van der Waals surface area contributed by atoms with Crippen molar-refractivity contribution in [2.75, 3.05) is 7.05 Å². The summed E-state index contributed by atoms with van der Waals surface area (Å²) in [6, 6.07) is 8.94. The first-order chi connectivity index (χ1) is 10.4. The Balaban J connectivity index is 0.000000545. The molecule has 1 aliphatic rings. The Morgan fingerprint density at radius 1 is 1.45 bits per heavy atom. The lowest BCUT2D eigenvalue weighted by Crippen LogP contribution is -2.30. The number of imidazole rings is 1. The number of aromatic amines is 1. The summed E-state index contributed by atoms with van der Waals surface area (Å²) in [6.07, 6.45) is 3.94. The van der Waals surface area contributed by atoms with Gasteiger partial charge in [-0.3, -0.25) is 9.69 Å². The molecule has 1 unspecified atom stereocenters. The molecule has 5 heteroatoms. The van der Waals surface area contributed by atoms with Gasteiger partial charge in [0, 0.05) is 6.04 Å². The molecule has 0 saturated heterocycles. The van der Waals surface area contributed by atoms with E-state index in [1.807, 2.05) is 12.1 Å². The summed E-state index contributed by atoms with van der Waals surface area (Å²) in [5, 5.41) is 6.89. The lowest BCUT2D eigenvalue weighted by molar-refractivity contribution is -0.122. The fraction of sp³-hybridized carbons (Fsp3) is 0.529. The van der Waals surface area contributed by atoms with Crippen LogP contribution in [0.1, 0.15) is 38.9 Å². The van der Waals surface area contributed by atoms with Crippen LogP contribution < -0.4 is 0 Å². The summed E-state index contributed by atoms with van der Waals surface area (Å²) in [5.41, 5.74) is 2.71. The van der Waals surface area contributed by atoms with Gasteiger partial charge in [0.25, 0.3) is 6.47 Å². The van der Waals surface area contributed by atoms with E-state index in [-0.39, 0.29) is 6.47 Å². The van der Waals surface area contributed by atoms with Crippen molar-refractivity contribution in [1.29, 1.82) is 0 Å². The molecular weight excluding hydrogens is 278 g/mol. The highest BCUT2D eigenvalue weighted by Crippen LogP contribution is 2.39. The second-order valence-corrected chi connectivity index (χ2v) is 6.78. The Morgan fingerprint density at radius 2 is 2.14 bits per heavy atom. The Morgan fingerprint density at radius 3 is 2.73 bits per heavy atom. The summed E-state index contributed by atoms with van der Waals surface area (Å²) in [4.78, 5) is 18.9. The zero-order chi connectivity index (χ0) is 16.2. The Labute approximate surface area is 131 Å². The maximum atomic E-state index is 8.36. The Hall–Kier alpha value is -1.88. The van der Waals surface area contributed by atoms with Crippen LogP contribution in [0.3, 0.4) is 0 Å². The van der Waals surface area contributed by atoms with Crippen LogP contribution in [0.4, 0.5) is 0 Å². The quantitative estimate of drug-likeness (QED) is 0.854. The number of para-hydroxylation sites is 2. The number of benzene rings is 1. The molecule has 0 bridgehead atoms. The minimum atomic E-state index is -0.250. The standard InChI is InChI=1S/C16H23N3.CH2O2/c1-16(2)9-8-12(10-16)19(3)11-15-17-13-6-4-5-7-14(13)18-15;2-1-3/h4-7,12H,8-11H2,1-3H3,(H,17,18);1H,(H,2,3). The lowest BCUT2D eigenvalue weighted by Gasteiger charge is -2.25. The van der Waals surface area contributed by atoms with Crippen LogP contribution in [0.2, 0.25) is 0 Å². The zero-order valence-corrected chi connectivity index (χ0v) is 13.5. The maximum Gasteiger partial charge on any atom is 0.290 e. The maximum absolute atomic E-state index is 8.36. The van der Waals surface area contributed by atoms with Crippen molar-refractivity contribution in [2.24, 2.45) is 5.41 Å². The van der Waals surface area contributed by atoms with Crippen molar-refractivity contribution in [3.05, 3.63) is 30.1 Å². The van der Waals surface area contributed by atoms with Gasteiger partial charge in [0.05, 0.1) is 17.6 Å². The molecule has 1 aliphatic carbocycles. The summed E-state index contributed by atoms with van der Waals surface area (Å²) in [7, 11) is 2.22. The van der Waals surface area contributed by atoms with Crippen molar-refractivity contribution < 1.29 is 9.90 Å². The second-order valence-electron chi connectivity index (χ2n) is 6.78. The van der Waals surface area contributed by atoms with E-state index in [2.05, 4.69) is 47.9 Å². The number of hydrogen-bond donors (Lipinski definition) is 2. The fourth-order valence-corrected chi connectivity index (χ4v) is 3.22. The summed E-state index contributed by atoms with van der Waals surface area (Å²) in [5.74, 6) is 1.08. The highest BCUT2D eigenvalue weighted by Gasteiger charge is 2.33. The number of carbonyl (C=O) groups is 1. The van der Waals surface area contributed by atoms with Gasteiger partial charge in [0.2, 0.25) is 0 Å². The number of nitrogens with zero attached hydrogens (tertiary/aromatic N) is 2. The van der Waals surface area contributed by atoms with Crippen LogP contribution in [-0.2, 0) is 11.3 Å². The topological polar surface area (TPSA) is 69.2 Å². The average Bonchev–Trinajstić information content (AvgIpc) is 3.02. The lowest BCUT2D eigenvalue weighted by atomic mass is 9.91. The molecule has 1 aromatic carbocycles. The van der Waals surface area contributed by atoms with Gasteiger partial charge in [0.1, 0.15) is 5.82 Å². The number of fused-ring (bicyclic) bond motifs is 1. The van der Waals surface area contributed by atoms with Crippen molar-refractivity contribution in [3.63, 3.8) is 0 Å². The molecule has 0 amide bonds. The summed E-state index contributed by atoms with van der Waals surface area (Å²) >= 11 is 0. The Bertz CT molecular complexity index is 588. The third-order valence-corrected chi connectivity index (χ3v) is 4.40. The van der Waals surface area contributed by atoms with E-state index in [9.17, 15) is 0 Å². The van der Waals surface area contributed by atoms with E-state index in [1.165, 1.54) is 19.3 Å². The van der Waals surface area contributed by atoms with E-state index < -0.39 is 0 Å². The molecule has 0 spiro atoms. The number of rotatable bonds is 3. The van der Waals surface area contributed by atoms with Gasteiger partial charge >= 0.3 is 0 Å². The van der Waals surface area contributed by atoms with Crippen molar-refractivity contribution in [2.45, 2.75) is 45.7 Å². The molecule has 1 fully saturated rings. The molecule has 1 aromatic heterocycles. The average molecular weight is 303 g/mol. The summed E-state index contributed by atoms with van der Waals surface area (Å²) in [6.45, 7) is 5.42. The van der Waals surface area contributed by atoms with E-state index in [4.69, 9.17) is 9.90 Å². The molecule has 1 heterocycles. The normalized spacial score (nSPS) is 19.9. The first kappa shape index (κ1) is 16.5. The smallest absolute Gasteiger partial charge is 0.290 e. The van der Waals surface area contributed by atoms with Crippen molar-refractivity contribution >= 4 is 17.5 Å². The third kappa shape index (κ3) is 4.07. The summed E-state index contributed by atoms with van der Waals surface area (Å²) < 4.78 is 0. The van der Waals surface area contributed by atoms with Gasteiger partial charge in [-0.25, -0.2) is 4.98 Å². The van der Waals surface area contributed by atoms with Crippen molar-refractivity contribution in [1.82, 2.24) is 14.9 Å². The first-order valence-corrected chi connectivity index (χ1v) is 7.67. The zero-order valence-electron chi connectivity index (χ0n) is 13.5. The van der Waals surface area contributed by atoms with Crippen LogP contribution in [-0.4, -0.2) is 39.5 Å². The van der Waals surface area contributed by atoms with Gasteiger partial charge in [-0.15, -0.1) is 0 Å². The number of nitrogens with one attached hydrogen (secondary N) is 1. The molecule has 0 aliphatic heterocycles. The van der Waals surface area contributed by atoms with Crippen LogP contribution >= 0.6 is 0 Å². The van der Waals surface area contributed by atoms with Gasteiger partial charge in [0.15, 0.2) is 0 Å². The predicted octanol–water partition coefficient (Wildman–Crippen LogP) is 3.27. The highest BCUT2D eigenvalue weighted by molar-refractivity contribution is 5.74. The molecule has 120 valence electrons. The number of aromatic nitrogens is 2.